The van der Waals surface area contributed by atoms with Crippen LogP contribution in [0, 0.1) is 5.92 Å². The molecule has 21 heavy (non-hydrogen) atoms. The Labute approximate surface area is 126 Å². The third kappa shape index (κ3) is 6.38. The summed E-state index contributed by atoms with van der Waals surface area (Å²) in [7, 11) is 1.58. The fourth-order valence-corrected chi connectivity index (χ4v) is 1.73. The van der Waals surface area contributed by atoms with E-state index in [1.165, 1.54) is 0 Å². The highest BCUT2D eigenvalue weighted by atomic mass is 16.5. The molecule has 0 bridgehead atoms. The first kappa shape index (κ1) is 17.1. The van der Waals surface area contributed by atoms with Crippen molar-refractivity contribution in [2.45, 2.75) is 33.1 Å². The summed E-state index contributed by atoms with van der Waals surface area (Å²) in [5.74, 6) is 0.942. The minimum absolute atomic E-state index is 0.169. The second-order valence-corrected chi connectivity index (χ2v) is 5.00. The van der Waals surface area contributed by atoms with Crippen LogP contribution in [0.25, 0.3) is 0 Å². The third-order valence-electron chi connectivity index (χ3n) is 3.10. The van der Waals surface area contributed by atoms with Crippen molar-refractivity contribution in [2.75, 3.05) is 26.1 Å². The Kier molecular flexibility index (Phi) is 7.43. The van der Waals surface area contributed by atoms with E-state index in [2.05, 4.69) is 6.92 Å². The molecule has 1 atom stereocenters. The highest BCUT2D eigenvalue weighted by Gasteiger charge is 2.14. The third-order valence-corrected chi connectivity index (χ3v) is 3.10. The normalized spacial score (nSPS) is 11.8. The number of ether oxygens (including phenoxy) is 3. The molecule has 5 nitrogen and oxygen atoms in total. The van der Waals surface area contributed by atoms with Crippen molar-refractivity contribution < 1.29 is 19.0 Å². The monoisotopic (exact) mass is 295 g/mol. The van der Waals surface area contributed by atoms with Crippen molar-refractivity contribution >= 4 is 11.7 Å². The highest BCUT2D eigenvalue weighted by molar-refractivity contribution is 5.71. The summed E-state index contributed by atoms with van der Waals surface area (Å²) in [6.45, 7) is 4.83. The van der Waals surface area contributed by atoms with Gasteiger partial charge in [0.15, 0.2) is 0 Å². The molecule has 0 aromatic heterocycles. The molecule has 1 rings (SSSR count). The molecular formula is C16H25NO4. The Hall–Kier alpha value is -1.91. The van der Waals surface area contributed by atoms with Gasteiger partial charge in [-0.05, 0) is 12.8 Å². The molecule has 0 aliphatic carbocycles. The second-order valence-electron chi connectivity index (χ2n) is 5.00. The van der Waals surface area contributed by atoms with E-state index in [0.717, 1.165) is 12.8 Å². The number of hydrogen-bond donors (Lipinski definition) is 1. The lowest BCUT2D eigenvalue weighted by atomic mass is 10.1. The number of carbonyl (C=O) groups excluding carboxylic acids is 1. The number of nitrogens with two attached hydrogens (primary N) is 1. The van der Waals surface area contributed by atoms with E-state index in [0.29, 0.717) is 36.8 Å². The Morgan fingerprint density at radius 3 is 2.62 bits per heavy atom. The maximum absolute atomic E-state index is 11.7. The molecule has 0 amide bonds. The summed E-state index contributed by atoms with van der Waals surface area (Å²) in [5.41, 5.74) is 6.33. The Morgan fingerprint density at radius 1 is 1.24 bits per heavy atom. The predicted octanol–water partition coefficient (Wildman–Crippen LogP) is 3.03. The molecule has 0 spiro atoms. The number of hydrogen-bond acceptors (Lipinski definition) is 5. The minimum atomic E-state index is -0.176. The maximum Gasteiger partial charge on any atom is 0.308 e. The van der Waals surface area contributed by atoms with Gasteiger partial charge in [0, 0.05) is 23.9 Å². The first-order chi connectivity index (χ1) is 10.1. The van der Waals surface area contributed by atoms with Gasteiger partial charge < -0.3 is 19.9 Å². The first-order valence-electron chi connectivity index (χ1n) is 7.30. The summed E-state index contributed by atoms with van der Waals surface area (Å²) >= 11 is 0. The number of anilines is 1. The van der Waals surface area contributed by atoms with E-state index in [1.54, 1.807) is 25.3 Å². The quantitative estimate of drug-likeness (QED) is 0.431. The number of esters is 1. The molecule has 1 aromatic carbocycles. The van der Waals surface area contributed by atoms with Crippen molar-refractivity contribution in [3.63, 3.8) is 0 Å². The van der Waals surface area contributed by atoms with E-state index < -0.39 is 0 Å². The standard InChI is InChI=1S/C16H25NO4/c1-4-5-7-21-16(18)12(2)6-8-20-15-10-13(17)9-14(11-15)19-3/h9-12H,4-8,17H2,1-3H3. The molecule has 1 unspecified atom stereocenters. The molecule has 0 aliphatic heterocycles. The van der Waals surface area contributed by atoms with Crippen LogP contribution in [0.15, 0.2) is 18.2 Å². The van der Waals surface area contributed by atoms with Crippen molar-refractivity contribution in [1.29, 1.82) is 0 Å². The van der Waals surface area contributed by atoms with Crippen LogP contribution in [0.4, 0.5) is 5.69 Å². The maximum atomic E-state index is 11.7. The molecule has 0 radical (unpaired) electrons. The zero-order valence-electron chi connectivity index (χ0n) is 13.1. The van der Waals surface area contributed by atoms with Crippen LogP contribution < -0.4 is 15.2 Å². The molecule has 118 valence electrons. The summed E-state index contributed by atoms with van der Waals surface area (Å²) in [6.07, 6.45) is 2.52. The van der Waals surface area contributed by atoms with E-state index in [9.17, 15) is 4.79 Å². The zero-order valence-corrected chi connectivity index (χ0v) is 13.1. The van der Waals surface area contributed by atoms with Gasteiger partial charge in [-0.15, -0.1) is 0 Å². The van der Waals surface area contributed by atoms with Gasteiger partial charge in [-0.3, -0.25) is 4.79 Å². The topological polar surface area (TPSA) is 70.8 Å². The van der Waals surface area contributed by atoms with Gasteiger partial charge in [-0.1, -0.05) is 20.3 Å². The van der Waals surface area contributed by atoms with Crippen LogP contribution in [0.1, 0.15) is 33.1 Å². The molecule has 5 heteroatoms. The average Bonchev–Trinajstić information content (AvgIpc) is 2.46. The average molecular weight is 295 g/mol. The van der Waals surface area contributed by atoms with Crippen molar-refractivity contribution in [2.24, 2.45) is 5.92 Å². The van der Waals surface area contributed by atoms with Crippen LogP contribution in [0.5, 0.6) is 11.5 Å². The lowest BCUT2D eigenvalue weighted by molar-refractivity contribution is -0.148. The van der Waals surface area contributed by atoms with Crippen LogP contribution >= 0.6 is 0 Å². The van der Waals surface area contributed by atoms with Crippen molar-refractivity contribution in [1.82, 2.24) is 0 Å². The van der Waals surface area contributed by atoms with E-state index in [1.807, 2.05) is 6.92 Å². The number of carbonyl (C=O) groups is 1. The van der Waals surface area contributed by atoms with Gasteiger partial charge in [-0.2, -0.15) is 0 Å². The van der Waals surface area contributed by atoms with E-state index in [4.69, 9.17) is 19.9 Å². The van der Waals surface area contributed by atoms with Crippen LogP contribution in [0.3, 0.4) is 0 Å². The van der Waals surface area contributed by atoms with Gasteiger partial charge in [0.05, 0.1) is 26.2 Å². The number of rotatable bonds is 9. The summed E-state index contributed by atoms with van der Waals surface area (Å²) < 4.78 is 15.9. The number of benzene rings is 1. The Balaban J connectivity index is 2.35. The number of unbranched alkanes of at least 4 members (excludes halogenated alkanes) is 1. The van der Waals surface area contributed by atoms with Gasteiger partial charge in [0.25, 0.3) is 0 Å². The zero-order chi connectivity index (χ0) is 15.7. The van der Waals surface area contributed by atoms with Crippen LogP contribution in [-0.2, 0) is 9.53 Å². The molecule has 1 aromatic rings. The summed E-state index contributed by atoms with van der Waals surface area (Å²) in [4.78, 5) is 11.7. The predicted molar refractivity (Wildman–Crippen MR) is 82.5 cm³/mol. The lowest BCUT2D eigenvalue weighted by Gasteiger charge is -2.13. The molecule has 0 heterocycles. The van der Waals surface area contributed by atoms with Gasteiger partial charge in [0.1, 0.15) is 11.5 Å². The Morgan fingerprint density at radius 2 is 1.95 bits per heavy atom. The molecular weight excluding hydrogens is 270 g/mol. The molecule has 2 N–H and O–H groups in total. The van der Waals surface area contributed by atoms with Gasteiger partial charge in [-0.25, -0.2) is 0 Å². The number of methoxy groups -OCH3 is 1. The SMILES string of the molecule is CCCCOC(=O)C(C)CCOc1cc(N)cc(OC)c1. The highest BCUT2D eigenvalue weighted by Crippen LogP contribution is 2.24. The molecule has 0 saturated carbocycles. The lowest BCUT2D eigenvalue weighted by Crippen LogP contribution is -2.18. The van der Waals surface area contributed by atoms with Crippen molar-refractivity contribution in [3.8, 4) is 11.5 Å². The molecule has 0 saturated heterocycles. The van der Waals surface area contributed by atoms with Crippen LogP contribution in [0.2, 0.25) is 0 Å². The molecule has 0 fully saturated rings. The van der Waals surface area contributed by atoms with Crippen LogP contribution in [-0.4, -0.2) is 26.3 Å². The minimum Gasteiger partial charge on any atom is -0.497 e. The fraction of sp³-hybridized carbons (Fsp3) is 0.562. The fourth-order valence-electron chi connectivity index (χ4n) is 1.73. The molecule has 0 aliphatic rings. The smallest absolute Gasteiger partial charge is 0.308 e. The van der Waals surface area contributed by atoms with Crippen molar-refractivity contribution in [3.05, 3.63) is 18.2 Å². The number of nitrogen functional groups attached to an aromatic ring is 1. The van der Waals surface area contributed by atoms with E-state index >= 15 is 0 Å². The largest absolute Gasteiger partial charge is 0.497 e. The Bertz CT molecular complexity index is 448. The summed E-state index contributed by atoms with van der Waals surface area (Å²) in [6, 6.07) is 5.22. The van der Waals surface area contributed by atoms with Gasteiger partial charge in [0.2, 0.25) is 0 Å². The summed E-state index contributed by atoms with van der Waals surface area (Å²) in [5, 5.41) is 0. The van der Waals surface area contributed by atoms with Gasteiger partial charge >= 0.3 is 5.97 Å². The van der Waals surface area contributed by atoms with E-state index in [-0.39, 0.29) is 11.9 Å². The first-order valence-corrected chi connectivity index (χ1v) is 7.30. The second kappa shape index (κ2) is 9.10.